The van der Waals surface area contributed by atoms with E-state index in [1.165, 1.54) is 25.7 Å². The third-order valence-electron chi connectivity index (χ3n) is 2.50. The van der Waals surface area contributed by atoms with Crippen LogP contribution in [-0.2, 0) is 4.74 Å². The fraction of sp³-hybridized carbons (Fsp3) is 0.500. The molecule has 0 radical (unpaired) electrons. The second kappa shape index (κ2) is 8.99. The molecular formula is C14H21NOS. The van der Waals surface area contributed by atoms with Crippen LogP contribution in [0.25, 0.3) is 0 Å². The maximum atomic E-state index is 5.45. The summed E-state index contributed by atoms with van der Waals surface area (Å²) in [5, 5.41) is 3.52. The lowest BCUT2D eigenvalue weighted by Crippen LogP contribution is -2.13. The fourth-order valence-electron chi connectivity index (χ4n) is 1.55. The highest BCUT2D eigenvalue weighted by Crippen LogP contribution is 2.06. The molecule has 0 atom stereocenters. The predicted molar refractivity (Wildman–Crippen MR) is 77.4 cm³/mol. The standard InChI is InChI=1S/C14H21NOS/c1-2-3-4-5-9-12-16-14(17)15-13-10-7-6-8-11-13/h6-8,10-11H,2-5,9,12H2,1H3,(H,15,17). The van der Waals surface area contributed by atoms with Crippen LogP contribution in [-0.4, -0.2) is 11.8 Å². The molecule has 0 aromatic heterocycles. The van der Waals surface area contributed by atoms with E-state index in [-0.39, 0.29) is 0 Å². The first-order chi connectivity index (χ1) is 8.33. The third-order valence-corrected chi connectivity index (χ3v) is 2.72. The molecule has 0 saturated carbocycles. The highest BCUT2D eigenvalue weighted by molar-refractivity contribution is 7.80. The molecular weight excluding hydrogens is 230 g/mol. The molecule has 1 N–H and O–H groups in total. The molecule has 94 valence electrons. The molecule has 2 nitrogen and oxygen atoms in total. The largest absolute Gasteiger partial charge is 0.471 e. The Morgan fingerprint density at radius 3 is 2.53 bits per heavy atom. The van der Waals surface area contributed by atoms with Crippen molar-refractivity contribution in [3.8, 4) is 0 Å². The van der Waals surface area contributed by atoms with Gasteiger partial charge in [0.25, 0.3) is 5.17 Å². The van der Waals surface area contributed by atoms with Crippen molar-refractivity contribution >= 4 is 23.1 Å². The van der Waals surface area contributed by atoms with E-state index in [2.05, 4.69) is 12.2 Å². The van der Waals surface area contributed by atoms with E-state index in [1.54, 1.807) is 0 Å². The molecule has 0 fully saturated rings. The molecule has 0 aliphatic heterocycles. The normalized spacial score (nSPS) is 9.94. The van der Waals surface area contributed by atoms with Gasteiger partial charge in [-0.05, 0) is 30.8 Å². The molecule has 0 bridgehead atoms. The summed E-state index contributed by atoms with van der Waals surface area (Å²) in [5.41, 5.74) is 0.975. The van der Waals surface area contributed by atoms with Crippen molar-refractivity contribution in [2.45, 2.75) is 39.0 Å². The number of benzene rings is 1. The summed E-state index contributed by atoms with van der Waals surface area (Å²) in [6.45, 7) is 2.93. The van der Waals surface area contributed by atoms with Gasteiger partial charge < -0.3 is 10.1 Å². The molecule has 0 aliphatic carbocycles. The van der Waals surface area contributed by atoms with Gasteiger partial charge in [0.2, 0.25) is 0 Å². The van der Waals surface area contributed by atoms with Crippen LogP contribution < -0.4 is 5.32 Å². The van der Waals surface area contributed by atoms with Crippen LogP contribution >= 0.6 is 12.2 Å². The van der Waals surface area contributed by atoms with Crippen molar-refractivity contribution in [3.05, 3.63) is 30.3 Å². The Morgan fingerprint density at radius 2 is 1.82 bits per heavy atom. The van der Waals surface area contributed by atoms with Crippen LogP contribution in [0.3, 0.4) is 0 Å². The minimum atomic E-state index is 0.465. The number of para-hydroxylation sites is 1. The topological polar surface area (TPSA) is 21.3 Å². The number of anilines is 1. The van der Waals surface area contributed by atoms with E-state index in [0.717, 1.165) is 12.1 Å². The van der Waals surface area contributed by atoms with Gasteiger partial charge in [-0.3, -0.25) is 0 Å². The van der Waals surface area contributed by atoms with Crippen LogP contribution in [0.2, 0.25) is 0 Å². The van der Waals surface area contributed by atoms with Crippen molar-refractivity contribution < 1.29 is 4.74 Å². The van der Waals surface area contributed by atoms with E-state index >= 15 is 0 Å². The van der Waals surface area contributed by atoms with Gasteiger partial charge in [0.15, 0.2) is 0 Å². The summed E-state index contributed by atoms with van der Waals surface area (Å²) in [6.07, 6.45) is 6.18. The minimum Gasteiger partial charge on any atom is -0.471 e. The molecule has 0 amide bonds. The zero-order valence-corrected chi connectivity index (χ0v) is 11.3. The van der Waals surface area contributed by atoms with Gasteiger partial charge >= 0.3 is 0 Å². The Balaban J connectivity index is 2.06. The van der Waals surface area contributed by atoms with E-state index in [1.807, 2.05) is 30.3 Å². The zero-order chi connectivity index (χ0) is 12.3. The van der Waals surface area contributed by atoms with Crippen molar-refractivity contribution in [2.75, 3.05) is 11.9 Å². The lowest BCUT2D eigenvalue weighted by atomic mass is 10.2. The Labute approximate surface area is 109 Å². The summed E-state index contributed by atoms with van der Waals surface area (Å²) in [7, 11) is 0. The van der Waals surface area contributed by atoms with Gasteiger partial charge in [0, 0.05) is 5.69 Å². The van der Waals surface area contributed by atoms with Crippen molar-refractivity contribution in [1.82, 2.24) is 0 Å². The van der Waals surface area contributed by atoms with Crippen LogP contribution in [0.4, 0.5) is 5.69 Å². The van der Waals surface area contributed by atoms with Gasteiger partial charge in [0.05, 0.1) is 6.61 Å². The first-order valence-electron chi connectivity index (χ1n) is 6.31. The summed E-state index contributed by atoms with van der Waals surface area (Å²) >= 11 is 5.10. The Morgan fingerprint density at radius 1 is 1.12 bits per heavy atom. The SMILES string of the molecule is CCCCCCCOC(=S)Nc1ccccc1. The number of hydrogen-bond donors (Lipinski definition) is 1. The summed E-state index contributed by atoms with van der Waals surface area (Å²) < 4.78 is 5.45. The van der Waals surface area contributed by atoms with Gasteiger partial charge in [0.1, 0.15) is 0 Å². The van der Waals surface area contributed by atoms with Gasteiger partial charge in [-0.1, -0.05) is 50.8 Å². The van der Waals surface area contributed by atoms with Crippen LogP contribution in [0, 0.1) is 0 Å². The van der Waals surface area contributed by atoms with E-state index < -0.39 is 0 Å². The van der Waals surface area contributed by atoms with Crippen LogP contribution in [0.1, 0.15) is 39.0 Å². The smallest absolute Gasteiger partial charge is 0.261 e. The van der Waals surface area contributed by atoms with Crippen LogP contribution in [0.5, 0.6) is 0 Å². The number of thiocarbonyl (C=S) groups is 1. The Bertz CT molecular complexity index is 313. The molecule has 0 aliphatic rings. The summed E-state index contributed by atoms with van der Waals surface area (Å²) in [6, 6.07) is 9.85. The minimum absolute atomic E-state index is 0.465. The average Bonchev–Trinajstić information content (AvgIpc) is 2.35. The fourth-order valence-corrected chi connectivity index (χ4v) is 1.75. The Hall–Kier alpha value is -1.09. The number of unbranched alkanes of at least 4 members (excludes halogenated alkanes) is 4. The van der Waals surface area contributed by atoms with Crippen molar-refractivity contribution in [3.63, 3.8) is 0 Å². The lowest BCUT2D eigenvalue weighted by Gasteiger charge is -2.09. The highest BCUT2D eigenvalue weighted by atomic mass is 32.1. The van der Waals surface area contributed by atoms with Crippen molar-refractivity contribution in [2.24, 2.45) is 0 Å². The molecule has 3 heteroatoms. The highest BCUT2D eigenvalue weighted by Gasteiger charge is 1.97. The maximum absolute atomic E-state index is 5.45. The van der Waals surface area contributed by atoms with Gasteiger partial charge in [-0.15, -0.1) is 0 Å². The molecule has 1 aromatic rings. The zero-order valence-electron chi connectivity index (χ0n) is 10.4. The summed E-state index contributed by atoms with van der Waals surface area (Å²) in [4.78, 5) is 0. The van der Waals surface area contributed by atoms with Crippen LogP contribution in [0.15, 0.2) is 30.3 Å². The number of ether oxygens (including phenoxy) is 1. The molecule has 1 aromatic carbocycles. The van der Waals surface area contributed by atoms with E-state index in [9.17, 15) is 0 Å². The lowest BCUT2D eigenvalue weighted by molar-refractivity contribution is 0.299. The number of hydrogen-bond acceptors (Lipinski definition) is 2. The maximum Gasteiger partial charge on any atom is 0.261 e. The molecule has 0 heterocycles. The second-order valence-corrected chi connectivity index (χ2v) is 4.41. The third kappa shape index (κ3) is 6.95. The van der Waals surface area contributed by atoms with Gasteiger partial charge in [-0.2, -0.15) is 0 Å². The first kappa shape index (κ1) is 14.0. The summed E-state index contributed by atoms with van der Waals surface area (Å²) in [5.74, 6) is 0. The molecule has 0 saturated heterocycles. The first-order valence-corrected chi connectivity index (χ1v) is 6.72. The monoisotopic (exact) mass is 251 g/mol. The molecule has 1 rings (SSSR count). The second-order valence-electron chi connectivity index (χ2n) is 4.04. The van der Waals surface area contributed by atoms with E-state index in [4.69, 9.17) is 17.0 Å². The molecule has 0 spiro atoms. The van der Waals surface area contributed by atoms with Crippen molar-refractivity contribution in [1.29, 1.82) is 0 Å². The van der Waals surface area contributed by atoms with Gasteiger partial charge in [-0.25, -0.2) is 0 Å². The predicted octanol–water partition coefficient (Wildman–Crippen LogP) is 4.37. The number of nitrogens with one attached hydrogen (secondary N) is 1. The average molecular weight is 251 g/mol. The van der Waals surface area contributed by atoms with E-state index in [0.29, 0.717) is 11.8 Å². The quantitative estimate of drug-likeness (QED) is 0.574. The molecule has 17 heavy (non-hydrogen) atoms. The Kier molecular flexibility index (Phi) is 7.39. The number of rotatable bonds is 7. The molecule has 0 unspecified atom stereocenters.